The number of likely N-dealkylation sites (tertiary alicyclic amines) is 1. The Kier molecular flexibility index (Phi) is 7.59. The highest BCUT2D eigenvalue weighted by atomic mass is 16.5. The summed E-state index contributed by atoms with van der Waals surface area (Å²) in [6.45, 7) is 4.72. The summed E-state index contributed by atoms with van der Waals surface area (Å²) >= 11 is 0. The van der Waals surface area contributed by atoms with Gasteiger partial charge in [-0.2, -0.15) is 5.26 Å². The molecule has 2 fully saturated rings. The molecule has 4 rings (SSSR count). The van der Waals surface area contributed by atoms with Crippen LogP contribution in [-0.2, 0) is 14.3 Å². The Bertz CT molecular complexity index is 1130. The minimum absolute atomic E-state index is 0.0568. The van der Waals surface area contributed by atoms with E-state index in [-0.39, 0.29) is 23.7 Å². The summed E-state index contributed by atoms with van der Waals surface area (Å²) < 4.78 is 16.0. The van der Waals surface area contributed by atoms with Crippen LogP contribution in [0.1, 0.15) is 38.2 Å². The molecule has 9 nitrogen and oxygen atoms in total. The van der Waals surface area contributed by atoms with Crippen LogP contribution in [0.4, 0.5) is 5.69 Å². The van der Waals surface area contributed by atoms with Crippen LogP contribution in [0.5, 0.6) is 11.5 Å². The highest BCUT2D eigenvalue weighted by Gasteiger charge is 2.34. The van der Waals surface area contributed by atoms with Crippen molar-refractivity contribution in [2.45, 2.75) is 32.6 Å². The third-order valence-electron chi connectivity index (χ3n) is 7.05. The second kappa shape index (κ2) is 10.8. The smallest absolute Gasteiger partial charge is 0.309 e. The SMILES string of the molecule is CCOC(=O)C1CCN(C(=O)C2CCN(c3c(C#N)cnc4cc(OC)c(OC)cc34)CC2)CC1. The van der Waals surface area contributed by atoms with E-state index >= 15 is 0 Å². The largest absolute Gasteiger partial charge is 0.493 e. The highest BCUT2D eigenvalue weighted by molar-refractivity contribution is 5.96. The molecular formula is C26H32N4O5. The summed E-state index contributed by atoms with van der Waals surface area (Å²) in [6.07, 6.45) is 4.32. The number of hydrogen-bond acceptors (Lipinski definition) is 8. The van der Waals surface area contributed by atoms with Crippen molar-refractivity contribution in [2.75, 3.05) is 51.9 Å². The summed E-state index contributed by atoms with van der Waals surface area (Å²) in [7, 11) is 3.16. The zero-order valence-electron chi connectivity index (χ0n) is 20.6. The number of rotatable bonds is 6. The van der Waals surface area contributed by atoms with Crippen LogP contribution in [0.2, 0.25) is 0 Å². The Morgan fingerprint density at radius 2 is 1.66 bits per heavy atom. The number of nitrogens with zero attached hydrogens (tertiary/aromatic N) is 4. The lowest BCUT2D eigenvalue weighted by atomic mass is 9.91. The molecule has 2 aromatic rings. The van der Waals surface area contributed by atoms with Crippen LogP contribution in [-0.4, -0.2) is 68.8 Å². The minimum Gasteiger partial charge on any atom is -0.493 e. The normalized spacial score (nSPS) is 17.2. The molecule has 2 aliphatic rings. The average molecular weight is 481 g/mol. The van der Waals surface area contributed by atoms with Crippen molar-refractivity contribution in [1.82, 2.24) is 9.88 Å². The molecule has 3 heterocycles. The molecule has 9 heteroatoms. The summed E-state index contributed by atoms with van der Waals surface area (Å²) in [5, 5.41) is 10.6. The number of ether oxygens (including phenoxy) is 3. The first-order chi connectivity index (χ1) is 17.0. The van der Waals surface area contributed by atoms with Gasteiger partial charge in [-0.15, -0.1) is 0 Å². The third-order valence-corrected chi connectivity index (χ3v) is 7.05. The Labute approximate surface area is 205 Å². The van der Waals surface area contributed by atoms with E-state index in [4.69, 9.17) is 14.2 Å². The average Bonchev–Trinajstić information content (AvgIpc) is 2.91. The van der Waals surface area contributed by atoms with Crippen LogP contribution in [0.3, 0.4) is 0 Å². The number of benzene rings is 1. The van der Waals surface area contributed by atoms with Gasteiger partial charge in [0.2, 0.25) is 5.91 Å². The molecule has 1 aromatic heterocycles. The summed E-state index contributed by atoms with van der Waals surface area (Å²) in [4.78, 5) is 33.7. The van der Waals surface area contributed by atoms with E-state index in [1.54, 1.807) is 20.4 Å². The van der Waals surface area contributed by atoms with Gasteiger partial charge in [-0.1, -0.05) is 0 Å². The highest BCUT2D eigenvalue weighted by Crippen LogP contribution is 2.38. The molecule has 1 amide bonds. The Morgan fingerprint density at radius 1 is 1.03 bits per heavy atom. The third kappa shape index (κ3) is 4.97. The van der Waals surface area contributed by atoms with E-state index < -0.39 is 0 Å². The number of methoxy groups -OCH3 is 2. The van der Waals surface area contributed by atoms with Gasteiger partial charge in [0.15, 0.2) is 11.5 Å². The van der Waals surface area contributed by atoms with Gasteiger partial charge in [0.25, 0.3) is 0 Å². The fourth-order valence-corrected chi connectivity index (χ4v) is 5.13. The van der Waals surface area contributed by atoms with Crippen LogP contribution in [0.15, 0.2) is 18.3 Å². The number of pyridine rings is 1. The number of fused-ring (bicyclic) bond motifs is 1. The number of nitriles is 1. The molecule has 0 unspecified atom stereocenters. The van der Waals surface area contributed by atoms with Gasteiger partial charge in [0, 0.05) is 49.7 Å². The molecule has 2 saturated heterocycles. The number of carbonyl (C=O) groups is 2. The van der Waals surface area contributed by atoms with E-state index in [2.05, 4.69) is 16.0 Å². The zero-order valence-corrected chi connectivity index (χ0v) is 20.6. The quantitative estimate of drug-likeness (QED) is 0.581. The lowest BCUT2D eigenvalue weighted by Gasteiger charge is -2.38. The molecule has 0 spiro atoms. The Hall–Kier alpha value is -3.54. The number of piperidine rings is 2. The fraction of sp³-hybridized carbons (Fsp3) is 0.538. The molecule has 0 aliphatic carbocycles. The number of esters is 1. The lowest BCUT2D eigenvalue weighted by Crippen LogP contribution is -2.46. The second-order valence-electron chi connectivity index (χ2n) is 8.97. The number of aromatic nitrogens is 1. The number of anilines is 1. The predicted molar refractivity (Wildman–Crippen MR) is 130 cm³/mol. The van der Waals surface area contributed by atoms with Gasteiger partial charge >= 0.3 is 5.97 Å². The van der Waals surface area contributed by atoms with Crippen molar-refractivity contribution in [3.63, 3.8) is 0 Å². The number of carbonyl (C=O) groups excluding carboxylic acids is 2. The van der Waals surface area contributed by atoms with Crippen molar-refractivity contribution in [1.29, 1.82) is 5.26 Å². The van der Waals surface area contributed by atoms with Crippen molar-refractivity contribution in [3.8, 4) is 17.6 Å². The van der Waals surface area contributed by atoms with E-state index in [0.717, 1.165) is 16.6 Å². The van der Waals surface area contributed by atoms with Gasteiger partial charge in [0.1, 0.15) is 6.07 Å². The molecule has 0 atom stereocenters. The van der Waals surface area contributed by atoms with E-state index in [0.29, 0.717) is 75.5 Å². The van der Waals surface area contributed by atoms with Crippen molar-refractivity contribution >= 4 is 28.5 Å². The molecule has 0 radical (unpaired) electrons. The predicted octanol–water partition coefficient (Wildman–Crippen LogP) is 3.14. The number of hydrogen-bond donors (Lipinski definition) is 0. The summed E-state index contributed by atoms with van der Waals surface area (Å²) in [5.74, 6) is 1.01. The van der Waals surface area contributed by atoms with Gasteiger partial charge < -0.3 is 24.0 Å². The molecular weight excluding hydrogens is 448 g/mol. The molecule has 35 heavy (non-hydrogen) atoms. The topological polar surface area (TPSA) is 105 Å². The van der Waals surface area contributed by atoms with Gasteiger partial charge in [-0.05, 0) is 38.7 Å². The zero-order chi connectivity index (χ0) is 24.9. The maximum atomic E-state index is 13.2. The second-order valence-corrected chi connectivity index (χ2v) is 8.97. The minimum atomic E-state index is -0.153. The lowest BCUT2D eigenvalue weighted by molar-refractivity contribution is -0.151. The van der Waals surface area contributed by atoms with Crippen LogP contribution >= 0.6 is 0 Å². The van der Waals surface area contributed by atoms with Crippen LogP contribution in [0.25, 0.3) is 10.9 Å². The number of amides is 1. The Morgan fingerprint density at radius 3 is 2.26 bits per heavy atom. The van der Waals surface area contributed by atoms with E-state index in [1.807, 2.05) is 24.0 Å². The van der Waals surface area contributed by atoms with Gasteiger partial charge in [-0.3, -0.25) is 14.6 Å². The molecule has 2 aliphatic heterocycles. The van der Waals surface area contributed by atoms with Gasteiger partial charge in [-0.25, -0.2) is 0 Å². The van der Waals surface area contributed by atoms with Crippen molar-refractivity contribution in [3.05, 3.63) is 23.9 Å². The monoisotopic (exact) mass is 480 g/mol. The van der Waals surface area contributed by atoms with Crippen molar-refractivity contribution in [2.24, 2.45) is 11.8 Å². The van der Waals surface area contributed by atoms with Crippen LogP contribution < -0.4 is 14.4 Å². The Balaban J connectivity index is 1.46. The van der Waals surface area contributed by atoms with E-state index in [1.165, 1.54) is 0 Å². The van der Waals surface area contributed by atoms with Crippen molar-refractivity contribution < 1.29 is 23.8 Å². The maximum Gasteiger partial charge on any atom is 0.309 e. The summed E-state index contributed by atoms with van der Waals surface area (Å²) in [5.41, 5.74) is 2.04. The molecule has 0 N–H and O–H groups in total. The van der Waals surface area contributed by atoms with Gasteiger partial charge in [0.05, 0.1) is 43.5 Å². The molecule has 186 valence electrons. The fourth-order valence-electron chi connectivity index (χ4n) is 5.13. The molecule has 0 saturated carbocycles. The van der Waals surface area contributed by atoms with Crippen LogP contribution in [0, 0.1) is 23.2 Å². The maximum absolute atomic E-state index is 13.2. The molecule has 1 aromatic carbocycles. The van der Waals surface area contributed by atoms with E-state index in [9.17, 15) is 14.9 Å². The molecule has 0 bridgehead atoms. The first-order valence-corrected chi connectivity index (χ1v) is 12.2. The summed E-state index contributed by atoms with van der Waals surface area (Å²) in [6, 6.07) is 5.95. The first-order valence-electron chi connectivity index (χ1n) is 12.2. The first kappa shape index (κ1) is 24.6. The standard InChI is InChI=1S/C26H32N4O5/c1-4-35-26(32)18-7-11-30(12-8-18)25(31)17-5-9-29(10-6-17)24-19(15-27)16-28-21-14-23(34-3)22(33-2)13-20(21)24/h13-14,16-18H,4-12H2,1-3H3.